The van der Waals surface area contributed by atoms with Crippen molar-refractivity contribution in [3.8, 4) is 11.1 Å². The number of fused-ring (bicyclic) bond motifs is 4. The molecular formula is C28H29N7O. The molecule has 4 aromatic rings. The van der Waals surface area contributed by atoms with Crippen molar-refractivity contribution in [3.05, 3.63) is 67.3 Å². The van der Waals surface area contributed by atoms with E-state index in [2.05, 4.69) is 42.4 Å². The Morgan fingerprint density at radius 1 is 1.17 bits per heavy atom. The molecule has 6 rings (SSSR count). The van der Waals surface area contributed by atoms with Crippen LogP contribution in [-0.2, 0) is 11.3 Å². The van der Waals surface area contributed by atoms with E-state index in [9.17, 15) is 4.79 Å². The summed E-state index contributed by atoms with van der Waals surface area (Å²) in [5, 5.41) is 4.95. The maximum atomic E-state index is 12.8. The lowest BCUT2D eigenvalue weighted by atomic mass is 9.98. The average Bonchev–Trinajstić information content (AvgIpc) is 3.39. The second kappa shape index (κ2) is 9.20. The number of hydrogen-bond donors (Lipinski definition) is 2. The van der Waals surface area contributed by atoms with E-state index in [1.807, 2.05) is 36.5 Å². The minimum absolute atomic E-state index is 0.115. The first-order valence-corrected chi connectivity index (χ1v) is 12.5. The molecule has 2 aliphatic rings. The Hall–Kier alpha value is -4.04. The van der Waals surface area contributed by atoms with Crippen LogP contribution < -0.4 is 11.1 Å². The Labute approximate surface area is 209 Å². The largest absolute Gasteiger partial charge is 0.383 e. The number of para-hydroxylation sites is 1. The average molecular weight is 480 g/mol. The standard InChI is InChI=1S/C28H29N7O/c1-18-22(33-23(36)10-7-13-34-11-5-2-6-12-34)16-35-26(18)24(25-27(29)31-17-32-28(25)35)20-14-19-8-3-4-9-21(19)30-15-20/h3-4,7-10,14-15,17,22H,1-2,5-6,11-13,16H2,(H,33,36)(H2,29,31,32)/t22-/m1/s1. The van der Waals surface area contributed by atoms with Crippen molar-refractivity contribution in [3.63, 3.8) is 0 Å². The molecule has 1 atom stereocenters. The van der Waals surface area contributed by atoms with Gasteiger partial charge in [0.05, 0.1) is 22.6 Å². The summed E-state index contributed by atoms with van der Waals surface area (Å²) in [7, 11) is 0. The molecule has 1 aromatic carbocycles. The van der Waals surface area contributed by atoms with Crippen LogP contribution in [0.4, 0.5) is 5.82 Å². The monoisotopic (exact) mass is 479 g/mol. The summed E-state index contributed by atoms with van der Waals surface area (Å²) in [6.07, 6.45) is 10.7. The quantitative estimate of drug-likeness (QED) is 0.423. The van der Waals surface area contributed by atoms with Gasteiger partial charge in [0.25, 0.3) is 0 Å². The molecule has 182 valence electrons. The van der Waals surface area contributed by atoms with Gasteiger partial charge in [-0.2, -0.15) is 0 Å². The molecule has 3 N–H and O–H groups in total. The zero-order chi connectivity index (χ0) is 24.6. The predicted octanol–water partition coefficient (Wildman–Crippen LogP) is 3.78. The molecule has 36 heavy (non-hydrogen) atoms. The number of nitrogens with zero attached hydrogens (tertiary/aromatic N) is 5. The molecule has 0 radical (unpaired) electrons. The topological polar surface area (TPSA) is 102 Å². The number of hydrogen-bond acceptors (Lipinski definition) is 6. The summed E-state index contributed by atoms with van der Waals surface area (Å²) in [6, 6.07) is 9.87. The number of anilines is 1. The minimum Gasteiger partial charge on any atom is -0.383 e. The van der Waals surface area contributed by atoms with E-state index in [1.165, 1.54) is 25.6 Å². The summed E-state index contributed by atoms with van der Waals surface area (Å²) in [5.41, 5.74) is 11.6. The zero-order valence-corrected chi connectivity index (χ0v) is 20.2. The highest BCUT2D eigenvalue weighted by molar-refractivity contribution is 6.08. The van der Waals surface area contributed by atoms with Gasteiger partial charge in [0, 0.05) is 41.9 Å². The Morgan fingerprint density at radius 3 is 2.86 bits per heavy atom. The summed E-state index contributed by atoms with van der Waals surface area (Å²) in [5.74, 6) is 0.301. The van der Waals surface area contributed by atoms with Crippen LogP contribution in [0.25, 0.3) is 38.6 Å². The van der Waals surface area contributed by atoms with Crippen LogP contribution in [0.5, 0.6) is 0 Å². The molecule has 1 fully saturated rings. The molecule has 0 unspecified atom stereocenters. The molecule has 5 heterocycles. The predicted molar refractivity (Wildman–Crippen MR) is 143 cm³/mol. The van der Waals surface area contributed by atoms with E-state index in [-0.39, 0.29) is 11.9 Å². The lowest BCUT2D eigenvalue weighted by molar-refractivity contribution is -0.116. The van der Waals surface area contributed by atoms with E-state index < -0.39 is 0 Å². The van der Waals surface area contributed by atoms with Gasteiger partial charge in [-0.1, -0.05) is 37.3 Å². The fraction of sp³-hybridized carbons (Fsp3) is 0.286. The van der Waals surface area contributed by atoms with Gasteiger partial charge >= 0.3 is 0 Å². The first-order chi connectivity index (χ1) is 17.6. The van der Waals surface area contributed by atoms with Crippen molar-refractivity contribution in [2.75, 3.05) is 25.4 Å². The fourth-order valence-electron chi connectivity index (χ4n) is 5.45. The van der Waals surface area contributed by atoms with Crippen LogP contribution in [-0.4, -0.2) is 56.0 Å². The van der Waals surface area contributed by atoms with Crippen molar-refractivity contribution in [1.29, 1.82) is 0 Å². The van der Waals surface area contributed by atoms with Gasteiger partial charge < -0.3 is 15.6 Å². The first kappa shape index (κ1) is 22.4. The molecule has 0 spiro atoms. The van der Waals surface area contributed by atoms with E-state index >= 15 is 0 Å². The number of likely N-dealkylation sites (tertiary alicyclic amines) is 1. The van der Waals surface area contributed by atoms with Gasteiger partial charge in [0.2, 0.25) is 5.91 Å². The third kappa shape index (κ3) is 3.93. The van der Waals surface area contributed by atoms with Gasteiger partial charge in [0.1, 0.15) is 17.8 Å². The number of piperidine rings is 1. The second-order valence-electron chi connectivity index (χ2n) is 9.56. The summed E-state index contributed by atoms with van der Waals surface area (Å²) in [4.78, 5) is 28.6. The molecule has 8 nitrogen and oxygen atoms in total. The van der Waals surface area contributed by atoms with Crippen LogP contribution in [0.15, 0.2) is 61.6 Å². The lowest BCUT2D eigenvalue weighted by Crippen LogP contribution is -2.34. The maximum Gasteiger partial charge on any atom is 0.244 e. The summed E-state index contributed by atoms with van der Waals surface area (Å²) in [6.45, 7) is 7.92. The van der Waals surface area contributed by atoms with Gasteiger partial charge in [0.15, 0.2) is 0 Å². The van der Waals surface area contributed by atoms with Crippen molar-refractivity contribution in [2.24, 2.45) is 0 Å². The summed E-state index contributed by atoms with van der Waals surface area (Å²) >= 11 is 0. The molecule has 0 bridgehead atoms. The van der Waals surface area contributed by atoms with E-state index in [0.717, 1.165) is 64.0 Å². The smallest absolute Gasteiger partial charge is 0.244 e. The number of benzene rings is 1. The van der Waals surface area contributed by atoms with Crippen molar-refractivity contribution in [2.45, 2.75) is 31.8 Å². The third-order valence-corrected chi connectivity index (χ3v) is 7.24. The van der Waals surface area contributed by atoms with Gasteiger partial charge in [-0.3, -0.25) is 14.7 Å². The van der Waals surface area contributed by atoms with Gasteiger partial charge in [-0.25, -0.2) is 9.97 Å². The van der Waals surface area contributed by atoms with E-state index in [1.54, 1.807) is 6.08 Å². The normalized spacial score (nSPS) is 18.3. The molecule has 2 aliphatic heterocycles. The number of nitrogens with two attached hydrogens (primary N) is 1. The summed E-state index contributed by atoms with van der Waals surface area (Å²) < 4.78 is 2.09. The number of carbonyl (C=O) groups excluding carboxylic acids is 1. The van der Waals surface area contributed by atoms with Crippen LogP contribution in [0.3, 0.4) is 0 Å². The molecule has 1 amide bonds. The van der Waals surface area contributed by atoms with E-state index in [4.69, 9.17) is 5.73 Å². The minimum atomic E-state index is -0.236. The Balaban J connectivity index is 1.31. The zero-order valence-electron chi connectivity index (χ0n) is 20.2. The number of nitrogen functional groups attached to an aromatic ring is 1. The highest BCUT2D eigenvalue weighted by atomic mass is 16.1. The number of carbonyl (C=O) groups is 1. The first-order valence-electron chi connectivity index (χ1n) is 12.5. The Morgan fingerprint density at radius 2 is 2.00 bits per heavy atom. The third-order valence-electron chi connectivity index (χ3n) is 7.24. The Kier molecular flexibility index (Phi) is 5.73. The SMILES string of the molecule is C=C1c2c(-c3cnc4ccccc4c3)c3c(N)ncnc3n2C[C@H]1NC(=O)C=CCN1CCCCC1. The van der Waals surface area contributed by atoms with Crippen LogP contribution in [0.1, 0.15) is 25.0 Å². The fourth-order valence-corrected chi connectivity index (χ4v) is 5.45. The lowest BCUT2D eigenvalue weighted by Gasteiger charge is -2.24. The number of nitrogens with one attached hydrogen (secondary N) is 1. The highest BCUT2D eigenvalue weighted by Gasteiger charge is 2.34. The molecular weight excluding hydrogens is 450 g/mol. The van der Waals surface area contributed by atoms with Crippen LogP contribution in [0.2, 0.25) is 0 Å². The van der Waals surface area contributed by atoms with Crippen molar-refractivity contribution >= 4 is 39.2 Å². The number of amides is 1. The van der Waals surface area contributed by atoms with E-state index in [0.29, 0.717) is 12.4 Å². The highest BCUT2D eigenvalue weighted by Crippen LogP contribution is 2.44. The molecule has 0 aliphatic carbocycles. The van der Waals surface area contributed by atoms with Crippen LogP contribution in [0, 0.1) is 0 Å². The number of pyridine rings is 1. The second-order valence-corrected chi connectivity index (χ2v) is 9.56. The molecule has 1 saturated heterocycles. The molecule has 3 aromatic heterocycles. The molecule has 8 heteroatoms. The van der Waals surface area contributed by atoms with Crippen LogP contribution >= 0.6 is 0 Å². The Bertz CT molecular complexity index is 1510. The molecule has 0 saturated carbocycles. The van der Waals surface area contributed by atoms with Gasteiger partial charge in [-0.05, 0) is 43.6 Å². The number of aromatic nitrogens is 4. The van der Waals surface area contributed by atoms with Gasteiger partial charge in [-0.15, -0.1) is 0 Å². The van der Waals surface area contributed by atoms with Crippen molar-refractivity contribution < 1.29 is 4.79 Å². The van der Waals surface area contributed by atoms with Crippen molar-refractivity contribution in [1.82, 2.24) is 29.7 Å². The number of rotatable bonds is 5. The maximum absolute atomic E-state index is 12.8.